The third kappa shape index (κ3) is 3.17. The number of carbonyl (C=O) groups is 1. The summed E-state index contributed by atoms with van der Waals surface area (Å²) in [5.74, 6) is 0.625. The maximum absolute atomic E-state index is 11.9. The van der Waals surface area contributed by atoms with E-state index in [1.54, 1.807) is 25.4 Å². The van der Waals surface area contributed by atoms with Crippen molar-refractivity contribution in [1.82, 2.24) is 15.1 Å². The van der Waals surface area contributed by atoms with Crippen molar-refractivity contribution in [3.05, 3.63) is 47.4 Å². The van der Waals surface area contributed by atoms with E-state index >= 15 is 0 Å². The van der Waals surface area contributed by atoms with Gasteiger partial charge in [-0.15, -0.1) is 0 Å². The van der Waals surface area contributed by atoms with Gasteiger partial charge in [-0.25, -0.2) is 9.97 Å². The summed E-state index contributed by atoms with van der Waals surface area (Å²) in [6.07, 6.45) is 7.91. The van der Waals surface area contributed by atoms with Crippen LogP contribution < -0.4 is 0 Å². The Labute approximate surface area is 117 Å². The minimum absolute atomic E-state index is 0.0857. The minimum atomic E-state index is -0.149. The summed E-state index contributed by atoms with van der Waals surface area (Å²) in [4.78, 5) is 20.5. The molecule has 5 nitrogen and oxygen atoms in total. The number of ketones is 1. The molecule has 0 aliphatic heterocycles. The normalized spacial score (nSPS) is 12.0. The Kier molecular flexibility index (Phi) is 3.79. The zero-order chi connectivity index (χ0) is 14.8. The lowest BCUT2D eigenvalue weighted by Crippen LogP contribution is -2.15. The van der Waals surface area contributed by atoms with Crippen LogP contribution >= 0.6 is 0 Å². The largest absolute Gasteiger partial charge is 0.364 e. The van der Waals surface area contributed by atoms with Gasteiger partial charge in [-0.1, -0.05) is 25.9 Å². The number of rotatable bonds is 3. The summed E-state index contributed by atoms with van der Waals surface area (Å²) in [7, 11) is 0. The summed E-state index contributed by atoms with van der Waals surface area (Å²) in [5, 5.41) is 3.68. The van der Waals surface area contributed by atoms with Gasteiger partial charge in [0.1, 0.15) is 12.1 Å². The average molecular weight is 271 g/mol. The summed E-state index contributed by atoms with van der Waals surface area (Å²) in [5.41, 5.74) is 1.74. The van der Waals surface area contributed by atoms with Gasteiger partial charge in [-0.3, -0.25) is 4.79 Å². The third-order valence-electron chi connectivity index (χ3n) is 2.79. The molecule has 20 heavy (non-hydrogen) atoms. The quantitative estimate of drug-likeness (QED) is 0.634. The first kappa shape index (κ1) is 14.1. The lowest BCUT2D eigenvalue weighted by molar-refractivity contribution is 0.104. The van der Waals surface area contributed by atoms with Crippen LogP contribution in [0.3, 0.4) is 0 Å². The van der Waals surface area contributed by atoms with Crippen molar-refractivity contribution in [1.29, 1.82) is 0 Å². The Balaban J connectivity index is 2.12. The molecule has 0 bridgehead atoms. The fraction of sp³-hybridized carbons (Fsp3) is 0.333. The maximum Gasteiger partial charge on any atom is 0.191 e. The van der Waals surface area contributed by atoms with E-state index in [-0.39, 0.29) is 11.2 Å². The van der Waals surface area contributed by atoms with Gasteiger partial charge < -0.3 is 4.52 Å². The molecule has 2 heterocycles. The molecule has 0 aliphatic rings. The van der Waals surface area contributed by atoms with Crippen LogP contribution in [0.1, 0.15) is 48.2 Å². The molecule has 0 saturated heterocycles. The zero-order valence-electron chi connectivity index (χ0n) is 12.0. The first-order valence-corrected chi connectivity index (χ1v) is 6.34. The average Bonchev–Trinajstić information content (AvgIpc) is 2.82. The Morgan fingerprint density at radius 2 is 1.90 bits per heavy atom. The number of allylic oxidation sites excluding steroid dienone is 1. The van der Waals surface area contributed by atoms with Crippen molar-refractivity contribution in [2.45, 2.75) is 33.1 Å². The van der Waals surface area contributed by atoms with Crippen LogP contribution in [0.5, 0.6) is 0 Å². The van der Waals surface area contributed by atoms with E-state index in [1.165, 1.54) is 12.3 Å². The zero-order valence-corrected chi connectivity index (χ0v) is 12.0. The van der Waals surface area contributed by atoms with E-state index in [2.05, 4.69) is 35.9 Å². The molecule has 0 saturated carbocycles. The van der Waals surface area contributed by atoms with Gasteiger partial charge in [0.2, 0.25) is 0 Å². The number of hydrogen-bond donors (Lipinski definition) is 0. The molecule has 0 spiro atoms. The first-order chi connectivity index (χ1) is 9.38. The number of aromatic nitrogens is 3. The van der Waals surface area contributed by atoms with Crippen molar-refractivity contribution in [2.24, 2.45) is 0 Å². The predicted molar refractivity (Wildman–Crippen MR) is 75.3 cm³/mol. The lowest BCUT2D eigenvalue weighted by atomic mass is 9.96. The van der Waals surface area contributed by atoms with Crippen LogP contribution in [0.2, 0.25) is 0 Å². The number of hydrogen-bond acceptors (Lipinski definition) is 5. The van der Waals surface area contributed by atoms with E-state index < -0.39 is 0 Å². The Bertz CT molecular complexity index is 634. The highest BCUT2D eigenvalue weighted by atomic mass is 16.5. The van der Waals surface area contributed by atoms with Gasteiger partial charge in [-0.05, 0) is 19.1 Å². The van der Waals surface area contributed by atoms with Gasteiger partial charge in [0, 0.05) is 23.4 Å². The molecule has 2 rings (SSSR count). The summed E-state index contributed by atoms with van der Waals surface area (Å²) in [6, 6.07) is 0. The third-order valence-corrected chi connectivity index (χ3v) is 2.79. The van der Waals surface area contributed by atoms with Crippen molar-refractivity contribution in [3.63, 3.8) is 0 Å². The van der Waals surface area contributed by atoms with E-state index in [0.717, 1.165) is 11.4 Å². The fourth-order valence-electron chi connectivity index (χ4n) is 1.60. The number of aryl methyl sites for hydroxylation is 1. The van der Waals surface area contributed by atoms with Crippen LogP contribution in [-0.4, -0.2) is 20.9 Å². The van der Waals surface area contributed by atoms with Crippen molar-refractivity contribution >= 4 is 11.9 Å². The molecule has 0 amide bonds. The highest BCUT2D eigenvalue weighted by Crippen LogP contribution is 2.17. The Morgan fingerprint density at radius 3 is 2.40 bits per heavy atom. The molecule has 0 aromatic carbocycles. The minimum Gasteiger partial charge on any atom is -0.364 e. The second-order valence-electron chi connectivity index (χ2n) is 5.60. The predicted octanol–water partition coefficient (Wildman–Crippen LogP) is 2.97. The molecule has 0 atom stereocenters. The van der Waals surface area contributed by atoms with Crippen LogP contribution in [0.15, 0.2) is 29.3 Å². The molecule has 2 aromatic rings. The van der Waals surface area contributed by atoms with Gasteiger partial charge in [0.15, 0.2) is 5.78 Å². The summed E-state index contributed by atoms with van der Waals surface area (Å²) < 4.78 is 4.74. The van der Waals surface area contributed by atoms with Gasteiger partial charge in [0.25, 0.3) is 0 Å². The molecular formula is C15H17N3O2. The number of nitrogens with zero attached hydrogens (tertiary/aromatic N) is 3. The molecule has 0 N–H and O–H groups in total. The van der Waals surface area contributed by atoms with Crippen molar-refractivity contribution in [2.75, 3.05) is 0 Å². The summed E-state index contributed by atoms with van der Waals surface area (Å²) in [6.45, 7) is 7.88. The van der Waals surface area contributed by atoms with Gasteiger partial charge in [-0.2, -0.15) is 0 Å². The lowest BCUT2D eigenvalue weighted by Gasteiger charge is -2.15. The molecule has 0 unspecified atom stereocenters. The Morgan fingerprint density at radius 1 is 1.25 bits per heavy atom. The first-order valence-electron chi connectivity index (χ1n) is 6.34. The van der Waals surface area contributed by atoms with E-state index in [4.69, 9.17) is 4.52 Å². The molecular weight excluding hydrogens is 254 g/mol. The smallest absolute Gasteiger partial charge is 0.191 e. The highest BCUT2D eigenvalue weighted by molar-refractivity contribution is 6.07. The van der Waals surface area contributed by atoms with Crippen LogP contribution in [0.4, 0.5) is 0 Å². The second-order valence-corrected chi connectivity index (χ2v) is 5.60. The van der Waals surface area contributed by atoms with E-state index in [9.17, 15) is 4.79 Å². The van der Waals surface area contributed by atoms with E-state index in [1.807, 2.05) is 0 Å². The highest BCUT2D eigenvalue weighted by Gasteiger charge is 2.16. The molecule has 0 fully saturated rings. The standard InChI is InChI=1S/C15H17N3O2/c1-10-12(9-20-18-10)13(19)6-5-11-7-16-14(17-8-11)15(2,3)4/h5-9H,1-4H3. The maximum atomic E-state index is 11.9. The topological polar surface area (TPSA) is 68.9 Å². The molecule has 0 aliphatic carbocycles. The fourth-order valence-corrected chi connectivity index (χ4v) is 1.60. The molecule has 2 aromatic heterocycles. The number of carbonyl (C=O) groups excluding carboxylic acids is 1. The Hall–Kier alpha value is -2.30. The van der Waals surface area contributed by atoms with Crippen molar-refractivity contribution < 1.29 is 9.32 Å². The van der Waals surface area contributed by atoms with Crippen molar-refractivity contribution in [3.8, 4) is 0 Å². The van der Waals surface area contributed by atoms with Gasteiger partial charge in [0.05, 0.1) is 11.3 Å². The monoisotopic (exact) mass is 271 g/mol. The van der Waals surface area contributed by atoms with Gasteiger partial charge >= 0.3 is 0 Å². The molecule has 5 heteroatoms. The molecule has 0 radical (unpaired) electrons. The van der Waals surface area contributed by atoms with Crippen LogP contribution in [0.25, 0.3) is 6.08 Å². The second kappa shape index (κ2) is 5.36. The summed E-state index contributed by atoms with van der Waals surface area (Å²) >= 11 is 0. The van der Waals surface area contributed by atoms with Crippen LogP contribution in [0, 0.1) is 6.92 Å². The SMILES string of the molecule is Cc1nocc1C(=O)C=Cc1cnc(C(C)(C)C)nc1. The molecule has 104 valence electrons. The van der Waals surface area contributed by atoms with E-state index in [0.29, 0.717) is 11.3 Å². The van der Waals surface area contributed by atoms with Crippen LogP contribution in [-0.2, 0) is 5.41 Å².